The Bertz CT molecular complexity index is 3560. The highest BCUT2D eigenvalue weighted by Gasteiger charge is 2.20. The van der Waals surface area contributed by atoms with Gasteiger partial charge in [0.2, 0.25) is 0 Å². The van der Waals surface area contributed by atoms with E-state index in [-0.39, 0.29) is 69.1 Å². The van der Waals surface area contributed by atoms with Crippen molar-refractivity contribution in [3.05, 3.63) is 200 Å². The lowest BCUT2D eigenvalue weighted by atomic mass is 10.0. The van der Waals surface area contributed by atoms with E-state index in [2.05, 4.69) is 41.3 Å². The van der Waals surface area contributed by atoms with Crippen LogP contribution in [0.25, 0.3) is 87.1 Å². The van der Waals surface area contributed by atoms with Crippen LogP contribution in [-0.4, -0.2) is 9.97 Å². The molecule has 0 unspecified atom stereocenters. The maximum absolute atomic E-state index is 9.53. The molecule has 0 N–H and O–H groups in total. The first-order valence-electron chi connectivity index (χ1n) is 21.6. The minimum atomic E-state index is -0.393. The van der Waals surface area contributed by atoms with Crippen molar-refractivity contribution < 1.29 is 12.6 Å². The van der Waals surface area contributed by atoms with E-state index in [1.165, 1.54) is 0 Å². The fourth-order valence-corrected chi connectivity index (χ4v) is 8.60. The third-order valence-electron chi connectivity index (χ3n) is 10.2. The number of furan rings is 1. The van der Waals surface area contributed by atoms with Gasteiger partial charge in [0.25, 0.3) is 0 Å². The number of hydrogen-bond acceptors (Lipinski definition) is 5. The van der Waals surface area contributed by atoms with Crippen LogP contribution in [-0.2, 0) is 0 Å². The number of para-hydroxylation sites is 2. The molecule has 3 aromatic heterocycles. The highest BCUT2D eigenvalue weighted by molar-refractivity contribution is 7.26. The Balaban J connectivity index is 1.07. The number of rotatable bonds is 7. The van der Waals surface area contributed by atoms with Crippen molar-refractivity contribution in [2.24, 2.45) is 0 Å². The van der Waals surface area contributed by atoms with E-state index in [0.717, 1.165) is 48.5 Å². The molecule has 5 heteroatoms. The molecule has 8 aromatic carbocycles. The van der Waals surface area contributed by atoms with Crippen LogP contribution >= 0.6 is 11.3 Å². The van der Waals surface area contributed by atoms with Crippen molar-refractivity contribution in [3.8, 4) is 44.9 Å². The van der Waals surface area contributed by atoms with Crippen molar-refractivity contribution in [3.63, 3.8) is 0 Å². The van der Waals surface area contributed by atoms with E-state index in [4.69, 9.17) is 17.1 Å². The largest absolute Gasteiger partial charge is 0.455 e. The lowest BCUT2D eigenvalue weighted by Crippen LogP contribution is -2.09. The normalized spacial score (nSPS) is 13.0. The summed E-state index contributed by atoms with van der Waals surface area (Å²) in [4.78, 5) is 12.2. The average Bonchev–Trinajstić information content (AvgIpc) is 3.92. The van der Waals surface area contributed by atoms with E-state index in [9.17, 15) is 5.48 Å². The second-order valence-corrected chi connectivity index (χ2v) is 14.7. The molecule has 0 aliphatic rings. The molecule has 268 valence electrons. The molecule has 0 atom stereocenters. The molecule has 11 aromatic rings. The van der Waals surface area contributed by atoms with Gasteiger partial charge in [0.15, 0.2) is 5.82 Å². The summed E-state index contributed by atoms with van der Waals surface area (Å²) in [5, 5.41) is 1.06. The Morgan fingerprint density at radius 1 is 0.491 bits per heavy atom. The maximum atomic E-state index is 9.53. The van der Waals surface area contributed by atoms with Crippen LogP contribution in [0.3, 0.4) is 0 Å². The van der Waals surface area contributed by atoms with Crippen LogP contribution in [0.4, 0.5) is 17.1 Å². The van der Waals surface area contributed by atoms with Crippen LogP contribution in [0.2, 0.25) is 0 Å². The zero-order valence-corrected chi connectivity index (χ0v) is 31.1. The number of fused-ring (bicyclic) bond motifs is 6. The Morgan fingerprint density at radius 2 is 1.09 bits per heavy atom. The number of thiophene rings is 1. The van der Waals surface area contributed by atoms with Crippen LogP contribution in [0.1, 0.15) is 8.22 Å². The van der Waals surface area contributed by atoms with Gasteiger partial charge in [-0.15, -0.1) is 11.3 Å². The Hall–Kier alpha value is -7.34. The zero-order valence-electron chi connectivity index (χ0n) is 36.2. The Morgan fingerprint density at radius 3 is 1.81 bits per heavy atom. The topological polar surface area (TPSA) is 42.2 Å². The van der Waals surface area contributed by atoms with Crippen molar-refractivity contribution in [1.82, 2.24) is 9.97 Å². The van der Waals surface area contributed by atoms with Crippen LogP contribution in [0.5, 0.6) is 0 Å². The van der Waals surface area contributed by atoms with Gasteiger partial charge in [-0.3, -0.25) is 0 Å². The fraction of sp³-hybridized carbons (Fsp3) is 0. The van der Waals surface area contributed by atoms with Gasteiger partial charge in [0.1, 0.15) is 11.2 Å². The summed E-state index contributed by atoms with van der Waals surface area (Å²) in [6, 6.07) is 52.2. The molecule has 0 aliphatic carbocycles. The number of anilines is 3. The first-order chi connectivity index (χ1) is 30.8. The summed E-state index contributed by atoms with van der Waals surface area (Å²) in [5.74, 6) is 0.130. The molecular weight excluding hydrogens is 715 g/mol. The molecule has 3 heterocycles. The van der Waals surface area contributed by atoms with E-state index in [0.29, 0.717) is 16.8 Å². The molecule has 0 spiro atoms. The highest BCUT2D eigenvalue weighted by atomic mass is 32.1. The van der Waals surface area contributed by atoms with Gasteiger partial charge in [-0.2, -0.15) is 0 Å². The van der Waals surface area contributed by atoms with Gasteiger partial charge in [0.05, 0.1) is 29.7 Å². The summed E-state index contributed by atoms with van der Waals surface area (Å²) < 4.78 is 63.8. The molecule has 0 bridgehead atoms. The van der Waals surface area contributed by atoms with Gasteiger partial charge in [-0.1, -0.05) is 139 Å². The van der Waals surface area contributed by atoms with Crippen molar-refractivity contribution in [2.45, 2.75) is 0 Å². The molecule has 0 amide bonds. The lowest BCUT2D eigenvalue weighted by molar-refractivity contribution is 0.669. The van der Waals surface area contributed by atoms with E-state index >= 15 is 0 Å². The van der Waals surface area contributed by atoms with Gasteiger partial charge in [-0.25, -0.2) is 9.97 Å². The van der Waals surface area contributed by atoms with Crippen LogP contribution in [0.15, 0.2) is 204 Å². The number of nitrogens with zero attached hydrogens (tertiary/aromatic N) is 3. The quantitative estimate of drug-likeness (QED) is 0.163. The predicted octanol–water partition coefficient (Wildman–Crippen LogP) is 14.9. The van der Waals surface area contributed by atoms with Crippen molar-refractivity contribution in [1.29, 1.82) is 0 Å². The average molecular weight is 754 g/mol. The number of benzene rings is 8. The van der Waals surface area contributed by atoms with Crippen molar-refractivity contribution >= 4 is 70.6 Å². The first kappa shape index (κ1) is 27.3. The summed E-state index contributed by atoms with van der Waals surface area (Å²) in [7, 11) is 0. The number of aromatic nitrogens is 2. The van der Waals surface area contributed by atoms with Gasteiger partial charge >= 0.3 is 0 Å². The second kappa shape index (κ2) is 13.7. The van der Waals surface area contributed by atoms with Crippen molar-refractivity contribution in [2.75, 3.05) is 4.90 Å². The van der Waals surface area contributed by atoms with E-state index in [1.54, 1.807) is 11.3 Å². The second-order valence-electron chi connectivity index (χ2n) is 13.7. The smallest absolute Gasteiger partial charge is 0.164 e. The summed E-state index contributed by atoms with van der Waals surface area (Å²) in [6.07, 6.45) is 0. The molecule has 57 heavy (non-hydrogen) atoms. The molecule has 11 rings (SSSR count). The first-order valence-corrected chi connectivity index (χ1v) is 19.4. The molecule has 0 saturated heterocycles. The lowest BCUT2D eigenvalue weighted by Gasteiger charge is -2.26. The Labute approximate surface area is 342 Å². The minimum Gasteiger partial charge on any atom is -0.455 e. The van der Waals surface area contributed by atoms with Crippen LogP contribution < -0.4 is 4.90 Å². The van der Waals surface area contributed by atoms with Gasteiger partial charge < -0.3 is 9.32 Å². The predicted molar refractivity (Wildman–Crippen MR) is 239 cm³/mol. The summed E-state index contributed by atoms with van der Waals surface area (Å²) in [5.41, 5.74) is 7.99. The monoisotopic (exact) mass is 753 g/mol. The minimum absolute atomic E-state index is 0.0143. The third-order valence-corrected chi connectivity index (χ3v) is 11.4. The number of hydrogen-bond donors (Lipinski definition) is 0. The summed E-state index contributed by atoms with van der Waals surface area (Å²) in [6.45, 7) is 0. The molecule has 4 nitrogen and oxygen atoms in total. The van der Waals surface area contributed by atoms with E-state index in [1.807, 2.05) is 127 Å². The SMILES string of the molecule is [2H]c1c([2H])c([2H])c2c(oc3c([2H])c(-c4ccc(N(c5ccccc5)c5ccc(-c6ccccc6)cc5)cc4)c([2H])c([2H])c32)c1-c1nc(-c2ccccc2)c2sc3ccccc3c2n1. The molecular formula is C52H33N3OS. The standard InChI is InChI=1S/C52H33N3OS/c1-4-13-34(14-5-1)35-23-28-40(29-24-35)55(39-17-8-3-9-18-39)41-30-25-36(26-31-41)38-27-32-42-43-20-12-21-45(50(43)56-46(42)33-38)52-53-48(37-15-6-2-7-16-37)51-49(54-52)44-19-10-11-22-47(44)57-51/h1-33H/i12D,20D,21D,27D,32D,33D. The van der Waals surface area contributed by atoms with Gasteiger partial charge in [-0.05, 0) is 82.8 Å². The van der Waals surface area contributed by atoms with E-state index < -0.39 is 6.04 Å². The van der Waals surface area contributed by atoms with Crippen LogP contribution in [0, 0.1) is 0 Å². The molecule has 0 radical (unpaired) electrons. The molecule has 0 fully saturated rings. The zero-order chi connectivity index (χ0) is 42.9. The Kier molecular flexibility index (Phi) is 6.58. The summed E-state index contributed by atoms with van der Waals surface area (Å²) >= 11 is 1.57. The fourth-order valence-electron chi connectivity index (χ4n) is 7.45. The molecule has 0 aliphatic heterocycles. The third kappa shape index (κ3) is 5.84. The molecule has 0 saturated carbocycles. The highest BCUT2D eigenvalue weighted by Crippen LogP contribution is 2.42. The van der Waals surface area contributed by atoms with Gasteiger partial charge in [0, 0.05) is 43.5 Å². The maximum Gasteiger partial charge on any atom is 0.164 e.